The van der Waals surface area contributed by atoms with Crippen molar-refractivity contribution in [3.8, 4) is 6.07 Å². The van der Waals surface area contributed by atoms with Gasteiger partial charge in [-0.2, -0.15) is 15.0 Å². The minimum Gasteiger partial charge on any atom is -0.305 e. The minimum absolute atomic E-state index is 0.00164. The minimum atomic E-state index is -0.509. The molecule has 1 amide bonds. The zero-order chi connectivity index (χ0) is 18.7. The third-order valence-corrected chi connectivity index (χ3v) is 4.43. The number of aromatic nitrogens is 2. The Morgan fingerprint density at radius 3 is 2.65 bits per heavy atom. The highest BCUT2D eigenvalue weighted by Crippen LogP contribution is 2.22. The number of rotatable bonds is 3. The molecule has 0 aliphatic carbocycles. The molecule has 0 aliphatic rings. The smallest absolute Gasteiger partial charge is 0.281 e. The Hall–Kier alpha value is -2.95. The summed E-state index contributed by atoms with van der Waals surface area (Å²) in [5.74, 6) is -0.996. The number of hydrogen-bond donors (Lipinski definition) is 1. The molecule has 0 radical (unpaired) electrons. The normalized spacial score (nSPS) is 10.2. The zero-order valence-corrected chi connectivity index (χ0v) is 15.5. The quantitative estimate of drug-likeness (QED) is 0.678. The number of nitrogens with one attached hydrogen (secondary N) is 1. The predicted molar refractivity (Wildman–Crippen MR) is 100 cm³/mol. The number of nitriles is 1. The molecule has 0 saturated heterocycles. The van der Waals surface area contributed by atoms with Crippen LogP contribution < -0.4 is 5.32 Å². The fourth-order valence-electron chi connectivity index (χ4n) is 2.26. The predicted octanol–water partition coefficient (Wildman–Crippen LogP) is 4.11. The number of carbonyl (C=O) groups is 2. The number of carbonyl (C=O) groups excluding carboxylic acids is 2. The fourth-order valence-corrected chi connectivity index (χ4v) is 2.91. The van der Waals surface area contributed by atoms with Gasteiger partial charge in [-0.05, 0) is 46.3 Å². The monoisotopic (exact) mass is 428 g/mol. The lowest BCUT2D eigenvalue weighted by molar-refractivity contribution is 0.0946. The summed E-state index contributed by atoms with van der Waals surface area (Å²) in [6.45, 7) is 0. The Bertz CT molecular complexity index is 1060. The molecule has 0 saturated carbocycles. The fraction of sp³-hybridized carbons (Fsp3) is 0. The Balaban J connectivity index is 1.99. The maximum Gasteiger partial charge on any atom is 0.281 e. The lowest BCUT2D eigenvalue weighted by Gasteiger charge is -2.10. The van der Waals surface area contributed by atoms with Crippen LogP contribution in [0.1, 0.15) is 26.3 Å². The summed E-state index contributed by atoms with van der Waals surface area (Å²) in [7, 11) is 0. The first kappa shape index (κ1) is 17.9. The second-order valence-corrected chi connectivity index (χ2v) is 6.47. The van der Waals surface area contributed by atoms with E-state index in [0.29, 0.717) is 20.6 Å². The molecule has 0 fully saturated rings. The standard InChI is InChI=1S/C18H10BrClN4O2/c19-15-7-2-1-6-14(15)18(26)24-16(12(9-21)10-22-24)23-17(25)11-4-3-5-13(20)8-11/h1-8,10H,(H,23,25). The van der Waals surface area contributed by atoms with Crippen molar-refractivity contribution in [3.05, 3.63) is 80.9 Å². The first-order valence-corrected chi connectivity index (χ1v) is 8.52. The summed E-state index contributed by atoms with van der Waals surface area (Å²) in [5.41, 5.74) is 0.710. The molecule has 8 heteroatoms. The second kappa shape index (κ2) is 7.52. The number of halogens is 2. The molecule has 1 aromatic heterocycles. The molecular weight excluding hydrogens is 420 g/mol. The van der Waals surface area contributed by atoms with Gasteiger partial charge in [-0.3, -0.25) is 9.59 Å². The number of amides is 1. The third-order valence-electron chi connectivity index (χ3n) is 3.51. The van der Waals surface area contributed by atoms with E-state index in [0.717, 1.165) is 4.68 Å². The molecular formula is C18H10BrClN4O2. The Morgan fingerprint density at radius 1 is 1.19 bits per heavy atom. The average molecular weight is 430 g/mol. The maximum absolute atomic E-state index is 12.8. The van der Waals surface area contributed by atoms with Gasteiger partial charge in [0.15, 0.2) is 5.82 Å². The lowest BCUT2D eigenvalue weighted by atomic mass is 10.2. The van der Waals surface area contributed by atoms with Crippen LogP contribution in [-0.4, -0.2) is 21.6 Å². The SMILES string of the molecule is N#Cc1cnn(C(=O)c2ccccc2Br)c1NC(=O)c1cccc(Cl)c1. The van der Waals surface area contributed by atoms with Crippen molar-refractivity contribution in [2.45, 2.75) is 0 Å². The highest BCUT2D eigenvalue weighted by Gasteiger charge is 2.21. The second-order valence-electron chi connectivity index (χ2n) is 5.18. The van der Waals surface area contributed by atoms with Crippen molar-refractivity contribution in [1.29, 1.82) is 5.26 Å². The molecule has 26 heavy (non-hydrogen) atoms. The third kappa shape index (κ3) is 3.52. The van der Waals surface area contributed by atoms with Gasteiger partial charge >= 0.3 is 0 Å². The van der Waals surface area contributed by atoms with Crippen LogP contribution in [0.15, 0.2) is 59.2 Å². The Kier molecular flexibility index (Phi) is 5.16. The van der Waals surface area contributed by atoms with E-state index in [1.54, 1.807) is 42.5 Å². The van der Waals surface area contributed by atoms with E-state index >= 15 is 0 Å². The summed E-state index contributed by atoms with van der Waals surface area (Å²) in [6.07, 6.45) is 1.22. The molecule has 1 N–H and O–H groups in total. The molecule has 0 unspecified atom stereocenters. The van der Waals surface area contributed by atoms with Gasteiger partial charge in [0.1, 0.15) is 11.6 Å². The van der Waals surface area contributed by atoms with Crippen LogP contribution in [-0.2, 0) is 0 Å². The van der Waals surface area contributed by atoms with Gasteiger partial charge in [-0.1, -0.05) is 29.8 Å². The van der Waals surface area contributed by atoms with Gasteiger partial charge in [0.2, 0.25) is 0 Å². The molecule has 0 bridgehead atoms. The van der Waals surface area contributed by atoms with Crippen molar-refractivity contribution < 1.29 is 9.59 Å². The van der Waals surface area contributed by atoms with Gasteiger partial charge in [-0.15, -0.1) is 0 Å². The van der Waals surface area contributed by atoms with Crippen molar-refractivity contribution in [2.75, 3.05) is 5.32 Å². The first-order valence-electron chi connectivity index (χ1n) is 7.35. The van der Waals surface area contributed by atoms with Gasteiger partial charge < -0.3 is 5.32 Å². The van der Waals surface area contributed by atoms with Gasteiger partial charge in [-0.25, -0.2) is 0 Å². The summed E-state index contributed by atoms with van der Waals surface area (Å²) in [6, 6.07) is 15.0. The number of anilines is 1. The van der Waals surface area contributed by atoms with E-state index in [1.165, 1.54) is 12.3 Å². The molecule has 0 atom stereocenters. The number of benzene rings is 2. The molecule has 3 rings (SSSR count). The van der Waals surface area contributed by atoms with Gasteiger partial charge in [0, 0.05) is 15.1 Å². The molecule has 128 valence electrons. The summed E-state index contributed by atoms with van der Waals surface area (Å²) < 4.78 is 1.56. The Labute approximate surface area is 162 Å². The summed E-state index contributed by atoms with van der Waals surface area (Å²) in [4.78, 5) is 25.2. The number of nitrogens with zero attached hydrogens (tertiary/aromatic N) is 3. The van der Waals surface area contributed by atoms with E-state index < -0.39 is 11.8 Å². The summed E-state index contributed by atoms with van der Waals surface area (Å²) in [5, 5.41) is 16.2. The van der Waals surface area contributed by atoms with E-state index in [2.05, 4.69) is 26.3 Å². The van der Waals surface area contributed by atoms with E-state index in [9.17, 15) is 14.9 Å². The van der Waals surface area contributed by atoms with Gasteiger partial charge in [0.05, 0.1) is 11.8 Å². The van der Waals surface area contributed by atoms with Crippen LogP contribution in [0.3, 0.4) is 0 Å². The van der Waals surface area contributed by atoms with Crippen molar-refractivity contribution in [1.82, 2.24) is 9.78 Å². The Morgan fingerprint density at radius 2 is 1.96 bits per heavy atom. The average Bonchev–Trinajstić information content (AvgIpc) is 3.04. The van der Waals surface area contributed by atoms with Crippen LogP contribution in [0.5, 0.6) is 0 Å². The lowest BCUT2D eigenvalue weighted by Crippen LogP contribution is -2.21. The number of hydrogen-bond acceptors (Lipinski definition) is 4. The van der Waals surface area contributed by atoms with Crippen LogP contribution in [0.2, 0.25) is 5.02 Å². The molecule has 0 aliphatic heterocycles. The zero-order valence-electron chi connectivity index (χ0n) is 13.1. The molecule has 3 aromatic rings. The topological polar surface area (TPSA) is 87.8 Å². The van der Waals surface area contributed by atoms with E-state index in [-0.39, 0.29) is 11.4 Å². The van der Waals surface area contributed by atoms with Crippen LogP contribution in [0.25, 0.3) is 0 Å². The largest absolute Gasteiger partial charge is 0.305 e. The molecule has 1 heterocycles. The van der Waals surface area contributed by atoms with Crippen LogP contribution in [0.4, 0.5) is 5.82 Å². The highest BCUT2D eigenvalue weighted by atomic mass is 79.9. The van der Waals surface area contributed by atoms with Crippen molar-refractivity contribution >= 4 is 45.2 Å². The van der Waals surface area contributed by atoms with Crippen molar-refractivity contribution in [3.63, 3.8) is 0 Å². The highest BCUT2D eigenvalue weighted by molar-refractivity contribution is 9.10. The molecule has 2 aromatic carbocycles. The maximum atomic E-state index is 12.8. The van der Waals surface area contributed by atoms with Gasteiger partial charge in [0.25, 0.3) is 11.8 Å². The van der Waals surface area contributed by atoms with Crippen LogP contribution >= 0.6 is 27.5 Å². The van der Waals surface area contributed by atoms with Crippen molar-refractivity contribution in [2.24, 2.45) is 0 Å². The van der Waals surface area contributed by atoms with Crippen LogP contribution in [0, 0.1) is 11.3 Å². The van der Waals surface area contributed by atoms with E-state index in [4.69, 9.17) is 11.6 Å². The molecule has 0 spiro atoms. The molecule has 6 nitrogen and oxygen atoms in total. The summed E-state index contributed by atoms with van der Waals surface area (Å²) >= 11 is 9.21. The first-order chi connectivity index (χ1) is 12.5. The van der Waals surface area contributed by atoms with E-state index in [1.807, 2.05) is 6.07 Å².